The molecule has 1 aromatic carbocycles. The SMILES string of the molecule is Cc1cc([C@@H](C)Nc2ccccc2C(=O)O)c2nc(N3CC4(C3)CC4(F)F)c(C)c(=O)n2c1. The van der Waals surface area contributed by atoms with Gasteiger partial charge in [0, 0.05) is 37.0 Å². The Hall–Kier alpha value is -3.49. The molecular formula is C24H24F2N4O3. The number of nitrogens with zero attached hydrogens (tertiary/aromatic N) is 3. The van der Waals surface area contributed by atoms with Crippen LogP contribution < -0.4 is 15.8 Å². The minimum absolute atomic E-state index is 0.115. The standard InChI is InChI=1S/C24H24F2N4O3/c1-13-8-17(15(3)27-18-7-5-4-6-16(18)22(32)33)20-28-19(14(2)21(31)30(20)9-13)29-11-23(12-29)10-24(23,25)26/h4-9,15,27H,10-12H2,1-3H3,(H,32,33)/t15-/m1/s1. The molecule has 0 amide bonds. The van der Waals surface area contributed by atoms with Gasteiger partial charge in [-0.25, -0.2) is 18.6 Å². The second-order valence-electron chi connectivity index (χ2n) is 9.27. The van der Waals surface area contributed by atoms with Gasteiger partial charge in [0.05, 0.1) is 22.6 Å². The van der Waals surface area contributed by atoms with Crippen molar-refractivity contribution in [3.8, 4) is 0 Å². The van der Waals surface area contributed by atoms with Gasteiger partial charge in [0.25, 0.3) is 11.5 Å². The van der Waals surface area contributed by atoms with Crippen molar-refractivity contribution in [2.24, 2.45) is 5.41 Å². The Kier molecular flexibility index (Phi) is 4.53. The number of carboxylic acids is 1. The third kappa shape index (κ3) is 3.25. The van der Waals surface area contributed by atoms with Crippen molar-refractivity contribution in [3.05, 3.63) is 69.1 Å². The third-order valence-electron chi connectivity index (χ3n) is 6.78. The molecule has 1 aliphatic heterocycles. The van der Waals surface area contributed by atoms with Gasteiger partial charge < -0.3 is 15.3 Å². The Labute approximate surface area is 188 Å². The van der Waals surface area contributed by atoms with Crippen molar-refractivity contribution in [3.63, 3.8) is 0 Å². The molecule has 7 nitrogen and oxygen atoms in total. The summed E-state index contributed by atoms with van der Waals surface area (Å²) in [5, 5.41) is 12.7. The minimum atomic E-state index is -2.64. The quantitative estimate of drug-likeness (QED) is 0.606. The number of alkyl halides is 2. The van der Waals surface area contributed by atoms with Gasteiger partial charge in [-0.15, -0.1) is 0 Å². The molecule has 5 rings (SSSR count). The number of aryl methyl sites for hydroxylation is 1. The van der Waals surface area contributed by atoms with E-state index in [4.69, 9.17) is 4.98 Å². The average molecular weight is 454 g/mol. The monoisotopic (exact) mass is 454 g/mol. The molecule has 2 N–H and O–H groups in total. The van der Waals surface area contributed by atoms with E-state index in [2.05, 4.69) is 5.32 Å². The zero-order valence-corrected chi connectivity index (χ0v) is 18.5. The molecule has 1 aliphatic carbocycles. The fourth-order valence-corrected chi connectivity index (χ4v) is 4.78. The van der Waals surface area contributed by atoms with Gasteiger partial charge in [-0.3, -0.25) is 9.20 Å². The number of pyridine rings is 1. The largest absolute Gasteiger partial charge is 0.478 e. The molecule has 3 heterocycles. The summed E-state index contributed by atoms with van der Waals surface area (Å²) in [6.45, 7) is 5.77. The number of halogens is 2. The number of fused-ring (bicyclic) bond motifs is 1. The number of para-hydroxylation sites is 1. The second kappa shape index (κ2) is 7.00. The summed E-state index contributed by atoms with van der Waals surface area (Å²) in [5.74, 6) is -3.26. The van der Waals surface area contributed by atoms with E-state index >= 15 is 0 Å². The maximum atomic E-state index is 13.7. The number of carbonyl (C=O) groups is 1. The molecule has 2 aromatic heterocycles. The van der Waals surface area contributed by atoms with Crippen molar-refractivity contribution in [1.82, 2.24) is 9.38 Å². The summed E-state index contributed by atoms with van der Waals surface area (Å²) in [6, 6.07) is 8.12. The maximum absolute atomic E-state index is 13.7. The fraction of sp³-hybridized carbons (Fsp3) is 0.375. The van der Waals surface area contributed by atoms with Gasteiger partial charge in [-0.2, -0.15) is 0 Å². The van der Waals surface area contributed by atoms with Crippen LogP contribution in [-0.4, -0.2) is 39.5 Å². The number of nitrogens with one attached hydrogen (secondary N) is 1. The van der Waals surface area contributed by atoms with E-state index in [-0.39, 0.29) is 36.7 Å². The third-order valence-corrected chi connectivity index (χ3v) is 6.78. The summed E-state index contributed by atoms with van der Waals surface area (Å²) in [7, 11) is 0. The van der Waals surface area contributed by atoms with Gasteiger partial charge in [-0.1, -0.05) is 12.1 Å². The molecular weight excluding hydrogens is 430 g/mol. The van der Waals surface area contributed by atoms with Gasteiger partial charge in [0.2, 0.25) is 0 Å². The molecule has 2 fully saturated rings. The highest BCUT2D eigenvalue weighted by Crippen LogP contribution is 2.65. The van der Waals surface area contributed by atoms with Gasteiger partial charge >= 0.3 is 5.97 Å². The lowest BCUT2D eigenvalue weighted by atomic mass is 9.95. The summed E-state index contributed by atoms with van der Waals surface area (Å²) >= 11 is 0. The van der Waals surface area contributed by atoms with Crippen LogP contribution in [0, 0.1) is 19.3 Å². The van der Waals surface area contributed by atoms with E-state index in [9.17, 15) is 23.5 Å². The normalized spacial score (nSPS) is 18.8. The number of hydrogen-bond acceptors (Lipinski definition) is 5. The summed E-state index contributed by atoms with van der Waals surface area (Å²) in [4.78, 5) is 31.3. The number of hydrogen-bond donors (Lipinski definition) is 2. The first kappa shape index (κ1) is 21.4. The van der Waals surface area contributed by atoms with Gasteiger partial charge in [0.15, 0.2) is 0 Å². The Morgan fingerprint density at radius 3 is 2.55 bits per heavy atom. The second-order valence-corrected chi connectivity index (χ2v) is 9.27. The predicted molar refractivity (Wildman–Crippen MR) is 121 cm³/mol. The van der Waals surface area contributed by atoms with Crippen LogP contribution >= 0.6 is 0 Å². The molecule has 1 spiro atoms. The average Bonchev–Trinajstić information content (AvgIpc) is 3.32. The summed E-state index contributed by atoms with van der Waals surface area (Å²) < 4.78 is 28.9. The Morgan fingerprint density at radius 2 is 1.91 bits per heavy atom. The van der Waals surface area contributed by atoms with E-state index < -0.39 is 17.3 Å². The molecule has 0 bridgehead atoms. The van der Waals surface area contributed by atoms with Crippen LogP contribution in [0.1, 0.15) is 46.4 Å². The van der Waals surface area contributed by atoms with Crippen LogP contribution in [0.2, 0.25) is 0 Å². The summed E-state index contributed by atoms with van der Waals surface area (Å²) in [5.41, 5.74) is 1.75. The molecule has 0 unspecified atom stereocenters. The maximum Gasteiger partial charge on any atom is 0.337 e. The first-order valence-corrected chi connectivity index (χ1v) is 10.8. The molecule has 172 valence electrons. The first-order valence-electron chi connectivity index (χ1n) is 10.8. The highest BCUT2D eigenvalue weighted by Gasteiger charge is 2.76. The van der Waals surface area contributed by atoms with E-state index in [1.807, 2.05) is 19.9 Å². The van der Waals surface area contributed by atoms with Crippen LogP contribution in [0.5, 0.6) is 0 Å². The molecule has 0 radical (unpaired) electrons. The van der Waals surface area contributed by atoms with Crippen LogP contribution in [0.4, 0.5) is 20.3 Å². The van der Waals surface area contributed by atoms with Gasteiger partial charge in [0.1, 0.15) is 11.5 Å². The highest BCUT2D eigenvalue weighted by atomic mass is 19.3. The predicted octanol–water partition coefficient (Wildman–Crippen LogP) is 4.03. The highest BCUT2D eigenvalue weighted by molar-refractivity contribution is 5.94. The molecule has 2 aliphatic rings. The molecule has 33 heavy (non-hydrogen) atoms. The van der Waals surface area contributed by atoms with Crippen LogP contribution in [0.25, 0.3) is 5.65 Å². The van der Waals surface area contributed by atoms with Gasteiger partial charge in [-0.05, 0) is 44.5 Å². The smallest absolute Gasteiger partial charge is 0.337 e. The lowest BCUT2D eigenvalue weighted by Crippen LogP contribution is -2.52. The minimum Gasteiger partial charge on any atom is -0.478 e. The zero-order valence-electron chi connectivity index (χ0n) is 18.5. The Balaban J connectivity index is 1.56. The lowest BCUT2D eigenvalue weighted by molar-refractivity contribution is 0.0517. The lowest BCUT2D eigenvalue weighted by Gasteiger charge is -2.41. The Bertz CT molecular complexity index is 1360. The number of carboxylic acid groups (broad SMARTS) is 1. The first-order chi connectivity index (χ1) is 15.5. The van der Waals surface area contributed by atoms with Crippen molar-refractivity contribution in [1.29, 1.82) is 0 Å². The van der Waals surface area contributed by atoms with Crippen LogP contribution in [-0.2, 0) is 0 Å². The molecule has 1 saturated carbocycles. The molecule has 3 aromatic rings. The number of aromatic carboxylic acids is 1. The topological polar surface area (TPSA) is 86.9 Å². The number of rotatable bonds is 5. The molecule has 1 saturated heterocycles. The van der Waals surface area contributed by atoms with Crippen molar-refractivity contribution < 1.29 is 18.7 Å². The number of aromatic nitrogens is 2. The van der Waals surface area contributed by atoms with E-state index in [0.717, 1.165) is 5.56 Å². The number of anilines is 2. The van der Waals surface area contributed by atoms with E-state index in [1.54, 1.807) is 36.2 Å². The van der Waals surface area contributed by atoms with E-state index in [1.165, 1.54) is 10.5 Å². The van der Waals surface area contributed by atoms with E-state index in [0.29, 0.717) is 28.3 Å². The van der Waals surface area contributed by atoms with Crippen molar-refractivity contribution in [2.75, 3.05) is 23.3 Å². The van der Waals surface area contributed by atoms with Crippen LogP contribution in [0.15, 0.2) is 41.3 Å². The summed E-state index contributed by atoms with van der Waals surface area (Å²) in [6.07, 6.45) is 1.59. The van der Waals surface area contributed by atoms with Crippen LogP contribution in [0.3, 0.4) is 0 Å². The van der Waals surface area contributed by atoms with Crippen molar-refractivity contribution >= 4 is 23.1 Å². The fourth-order valence-electron chi connectivity index (χ4n) is 4.78. The zero-order chi connectivity index (χ0) is 23.7. The number of benzene rings is 1. The Morgan fingerprint density at radius 1 is 1.24 bits per heavy atom. The molecule has 9 heteroatoms. The van der Waals surface area contributed by atoms with Crippen molar-refractivity contribution in [2.45, 2.75) is 39.2 Å². The molecule has 1 atom stereocenters.